The molecule has 0 saturated heterocycles. The van der Waals surface area contributed by atoms with Gasteiger partial charge in [0, 0.05) is 11.3 Å². The van der Waals surface area contributed by atoms with Crippen molar-refractivity contribution < 1.29 is 19.1 Å². The standard InChI is InChI=1S/C20H21N3O4/c1-4-26-18-9-8-16(11-19(18)25-3)13-22-27-14(2)20(24)23-17-7-5-6-15(10-17)12-21/h5-11,13-14H,4H2,1-3H3,(H,23,24)/b22-13-/t14-/m1/s1. The minimum Gasteiger partial charge on any atom is -0.493 e. The minimum absolute atomic E-state index is 0.369. The lowest BCUT2D eigenvalue weighted by Gasteiger charge is -2.11. The van der Waals surface area contributed by atoms with Crippen molar-refractivity contribution in [2.45, 2.75) is 20.0 Å². The number of carbonyl (C=O) groups is 1. The van der Waals surface area contributed by atoms with Crippen LogP contribution >= 0.6 is 0 Å². The zero-order valence-corrected chi connectivity index (χ0v) is 15.4. The fraction of sp³-hybridized carbons (Fsp3) is 0.250. The molecule has 7 heteroatoms. The van der Waals surface area contributed by atoms with Crippen molar-refractivity contribution in [3.05, 3.63) is 53.6 Å². The maximum atomic E-state index is 12.1. The second-order valence-electron chi connectivity index (χ2n) is 5.51. The van der Waals surface area contributed by atoms with Crippen LogP contribution in [0.5, 0.6) is 11.5 Å². The fourth-order valence-electron chi connectivity index (χ4n) is 2.18. The molecule has 2 aromatic carbocycles. The lowest BCUT2D eigenvalue weighted by molar-refractivity contribution is -0.126. The Kier molecular flexibility index (Phi) is 7.20. The number of hydrogen-bond acceptors (Lipinski definition) is 6. The van der Waals surface area contributed by atoms with E-state index in [9.17, 15) is 4.79 Å². The molecule has 0 unspecified atom stereocenters. The summed E-state index contributed by atoms with van der Waals surface area (Å²) in [6, 6.07) is 14.0. The van der Waals surface area contributed by atoms with E-state index in [1.807, 2.05) is 13.0 Å². The van der Waals surface area contributed by atoms with Crippen LogP contribution in [0.15, 0.2) is 47.6 Å². The summed E-state index contributed by atoms with van der Waals surface area (Å²) < 4.78 is 10.7. The molecule has 0 aliphatic carbocycles. The van der Waals surface area contributed by atoms with Gasteiger partial charge in [-0.3, -0.25) is 4.79 Å². The number of oxime groups is 1. The highest BCUT2D eigenvalue weighted by atomic mass is 16.6. The Labute approximate surface area is 158 Å². The van der Waals surface area contributed by atoms with Crippen molar-refractivity contribution in [3.8, 4) is 17.6 Å². The molecule has 0 fully saturated rings. The van der Waals surface area contributed by atoms with E-state index in [-0.39, 0.29) is 5.91 Å². The topological polar surface area (TPSA) is 92.9 Å². The molecule has 0 aliphatic heterocycles. The van der Waals surface area contributed by atoms with Crippen molar-refractivity contribution in [1.82, 2.24) is 0 Å². The van der Waals surface area contributed by atoms with Crippen molar-refractivity contribution in [2.75, 3.05) is 19.0 Å². The first-order chi connectivity index (χ1) is 13.1. The molecule has 27 heavy (non-hydrogen) atoms. The number of amides is 1. The minimum atomic E-state index is -0.809. The van der Waals surface area contributed by atoms with Gasteiger partial charge in [-0.25, -0.2) is 0 Å². The fourth-order valence-corrected chi connectivity index (χ4v) is 2.18. The predicted octanol–water partition coefficient (Wildman–Crippen LogP) is 3.34. The molecular weight excluding hydrogens is 346 g/mol. The van der Waals surface area contributed by atoms with E-state index in [0.717, 1.165) is 5.56 Å². The van der Waals surface area contributed by atoms with Crippen LogP contribution in [0.3, 0.4) is 0 Å². The van der Waals surface area contributed by atoms with Crippen LogP contribution in [-0.4, -0.2) is 31.9 Å². The van der Waals surface area contributed by atoms with Gasteiger partial charge >= 0.3 is 0 Å². The number of nitrogens with zero attached hydrogens (tertiary/aromatic N) is 2. The van der Waals surface area contributed by atoms with E-state index < -0.39 is 6.10 Å². The van der Waals surface area contributed by atoms with Crippen LogP contribution in [0.4, 0.5) is 5.69 Å². The van der Waals surface area contributed by atoms with Gasteiger partial charge in [-0.15, -0.1) is 0 Å². The second kappa shape index (κ2) is 9.82. The summed E-state index contributed by atoms with van der Waals surface area (Å²) in [4.78, 5) is 17.4. The molecule has 0 radical (unpaired) electrons. The smallest absolute Gasteiger partial charge is 0.267 e. The van der Waals surface area contributed by atoms with E-state index in [1.165, 1.54) is 6.21 Å². The molecule has 140 valence electrons. The van der Waals surface area contributed by atoms with Crippen molar-refractivity contribution >= 4 is 17.8 Å². The molecule has 0 aromatic heterocycles. The Morgan fingerprint density at radius 1 is 1.30 bits per heavy atom. The third kappa shape index (κ3) is 5.75. The summed E-state index contributed by atoms with van der Waals surface area (Å²) in [5.74, 6) is 0.862. The van der Waals surface area contributed by atoms with E-state index in [1.54, 1.807) is 56.5 Å². The van der Waals surface area contributed by atoms with Crippen molar-refractivity contribution in [2.24, 2.45) is 5.16 Å². The third-order valence-electron chi connectivity index (χ3n) is 3.54. The van der Waals surface area contributed by atoms with Gasteiger partial charge in [0.2, 0.25) is 6.10 Å². The maximum Gasteiger partial charge on any atom is 0.267 e. The van der Waals surface area contributed by atoms with Crippen LogP contribution in [0, 0.1) is 11.3 Å². The van der Waals surface area contributed by atoms with Gasteiger partial charge in [0.25, 0.3) is 5.91 Å². The van der Waals surface area contributed by atoms with Gasteiger partial charge in [-0.05, 0) is 50.2 Å². The first kappa shape index (κ1) is 19.8. The molecule has 7 nitrogen and oxygen atoms in total. The largest absolute Gasteiger partial charge is 0.493 e. The lowest BCUT2D eigenvalue weighted by atomic mass is 10.2. The highest BCUT2D eigenvalue weighted by Gasteiger charge is 2.14. The van der Waals surface area contributed by atoms with Gasteiger partial charge in [0.05, 0.1) is 31.6 Å². The lowest BCUT2D eigenvalue weighted by Crippen LogP contribution is -2.26. The SMILES string of the molecule is CCOc1ccc(/C=N\O[C@H](C)C(=O)Nc2cccc(C#N)c2)cc1OC. The monoisotopic (exact) mass is 367 g/mol. The molecule has 1 atom stereocenters. The average molecular weight is 367 g/mol. The number of nitriles is 1. The van der Waals surface area contributed by atoms with Gasteiger partial charge in [-0.1, -0.05) is 11.2 Å². The van der Waals surface area contributed by atoms with Crippen molar-refractivity contribution in [3.63, 3.8) is 0 Å². The van der Waals surface area contributed by atoms with E-state index in [0.29, 0.717) is 29.4 Å². The number of anilines is 1. The zero-order valence-electron chi connectivity index (χ0n) is 15.4. The first-order valence-electron chi connectivity index (χ1n) is 8.38. The second-order valence-corrected chi connectivity index (χ2v) is 5.51. The number of nitrogens with one attached hydrogen (secondary N) is 1. The van der Waals surface area contributed by atoms with E-state index >= 15 is 0 Å². The van der Waals surface area contributed by atoms with E-state index in [4.69, 9.17) is 19.6 Å². The zero-order chi connectivity index (χ0) is 19.6. The Balaban J connectivity index is 1.94. The summed E-state index contributed by atoms with van der Waals surface area (Å²) >= 11 is 0. The first-order valence-corrected chi connectivity index (χ1v) is 8.38. The molecule has 0 aliphatic rings. The number of ether oxygens (including phenoxy) is 2. The summed E-state index contributed by atoms with van der Waals surface area (Å²) in [6.45, 7) is 4.02. The Morgan fingerprint density at radius 3 is 2.81 bits per heavy atom. The molecule has 1 N–H and O–H groups in total. The Hall–Kier alpha value is -3.53. The molecular formula is C20H21N3O4. The van der Waals surface area contributed by atoms with Crippen LogP contribution in [0.25, 0.3) is 0 Å². The molecule has 0 heterocycles. The Bertz CT molecular complexity index is 859. The maximum absolute atomic E-state index is 12.1. The summed E-state index contributed by atoms with van der Waals surface area (Å²) in [5.41, 5.74) is 1.73. The molecule has 1 amide bonds. The van der Waals surface area contributed by atoms with Gasteiger partial charge < -0.3 is 19.6 Å². The van der Waals surface area contributed by atoms with Gasteiger partial charge in [-0.2, -0.15) is 5.26 Å². The normalized spacial score (nSPS) is 11.5. The molecule has 0 saturated carbocycles. The van der Waals surface area contributed by atoms with Gasteiger partial charge in [0.1, 0.15) is 0 Å². The van der Waals surface area contributed by atoms with Crippen LogP contribution in [0.1, 0.15) is 25.0 Å². The molecule has 0 bridgehead atoms. The summed E-state index contributed by atoms with van der Waals surface area (Å²) in [6.07, 6.45) is 0.676. The number of benzene rings is 2. The van der Waals surface area contributed by atoms with Crippen molar-refractivity contribution in [1.29, 1.82) is 5.26 Å². The van der Waals surface area contributed by atoms with Crippen LogP contribution in [0.2, 0.25) is 0 Å². The molecule has 2 aromatic rings. The average Bonchev–Trinajstić information content (AvgIpc) is 2.69. The number of methoxy groups -OCH3 is 1. The van der Waals surface area contributed by atoms with E-state index in [2.05, 4.69) is 10.5 Å². The predicted molar refractivity (Wildman–Crippen MR) is 102 cm³/mol. The number of rotatable bonds is 8. The third-order valence-corrected chi connectivity index (χ3v) is 3.54. The van der Waals surface area contributed by atoms with Crippen LogP contribution in [-0.2, 0) is 9.63 Å². The van der Waals surface area contributed by atoms with Crippen LogP contribution < -0.4 is 14.8 Å². The summed E-state index contributed by atoms with van der Waals surface area (Å²) in [7, 11) is 1.56. The number of hydrogen-bond donors (Lipinski definition) is 1. The quantitative estimate of drug-likeness (QED) is 0.570. The summed E-state index contributed by atoms with van der Waals surface area (Å²) in [5, 5.41) is 15.4. The van der Waals surface area contributed by atoms with Gasteiger partial charge in [0.15, 0.2) is 11.5 Å². The number of carbonyl (C=O) groups excluding carboxylic acids is 1. The highest BCUT2D eigenvalue weighted by Crippen LogP contribution is 2.27. The Morgan fingerprint density at radius 2 is 2.11 bits per heavy atom. The highest BCUT2D eigenvalue weighted by molar-refractivity contribution is 5.94. The molecule has 0 spiro atoms. The molecule has 2 rings (SSSR count).